The second-order valence-electron chi connectivity index (χ2n) is 7.21. The standard InChI is InChI=1S/C21H21FO10/c1-28-8-3-4-9-10(5-8)14-11(22)6-12(18(29-2)19(14)32-20(9)27)30-21-17(26)16(25)15(24)13(7-23)31-21/h3-6,13,15-17,21,23-26H,7H2,1-2H3/t13-,15-,16+,17-,21-/m1/s1. The molecule has 2 aromatic carbocycles. The van der Waals surface area contributed by atoms with E-state index in [1.807, 2.05) is 0 Å². The summed E-state index contributed by atoms with van der Waals surface area (Å²) in [5.41, 5.74) is -1.00. The molecule has 11 heteroatoms. The van der Waals surface area contributed by atoms with Gasteiger partial charge in [0.1, 0.15) is 36.0 Å². The molecule has 0 spiro atoms. The Kier molecular flexibility index (Phi) is 5.93. The van der Waals surface area contributed by atoms with Gasteiger partial charge in [-0.3, -0.25) is 0 Å². The van der Waals surface area contributed by atoms with Crippen LogP contribution < -0.4 is 19.8 Å². The van der Waals surface area contributed by atoms with Crippen molar-refractivity contribution in [2.45, 2.75) is 30.7 Å². The molecule has 1 aliphatic rings. The molecule has 32 heavy (non-hydrogen) atoms. The van der Waals surface area contributed by atoms with E-state index in [0.717, 1.165) is 6.07 Å². The number of hydrogen-bond acceptors (Lipinski definition) is 10. The number of benzene rings is 2. The lowest BCUT2D eigenvalue weighted by atomic mass is 9.99. The highest BCUT2D eigenvalue weighted by Gasteiger charge is 2.45. The summed E-state index contributed by atoms with van der Waals surface area (Å²) >= 11 is 0. The second kappa shape index (κ2) is 8.52. The first-order valence-corrected chi connectivity index (χ1v) is 9.59. The fourth-order valence-electron chi connectivity index (χ4n) is 3.69. The largest absolute Gasteiger partial charge is 0.497 e. The molecule has 1 saturated heterocycles. The predicted molar refractivity (Wildman–Crippen MR) is 107 cm³/mol. The smallest absolute Gasteiger partial charge is 0.344 e. The molecule has 1 aromatic heterocycles. The van der Waals surface area contributed by atoms with E-state index in [1.165, 1.54) is 32.4 Å². The maximum absolute atomic E-state index is 15.2. The maximum Gasteiger partial charge on any atom is 0.344 e. The van der Waals surface area contributed by atoms with E-state index in [2.05, 4.69) is 0 Å². The molecule has 0 saturated carbocycles. The number of fused-ring (bicyclic) bond motifs is 3. The third-order valence-corrected chi connectivity index (χ3v) is 5.36. The number of aliphatic hydroxyl groups is 4. The average Bonchev–Trinajstić information content (AvgIpc) is 2.79. The number of aliphatic hydroxyl groups excluding tert-OH is 4. The van der Waals surface area contributed by atoms with Gasteiger partial charge in [0.15, 0.2) is 11.3 Å². The third-order valence-electron chi connectivity index (χ3n) is 5.36. The zero-order chi connectivity index (χ0) is 23.2. The van der Waals surface area contributed by atoms with Crippen molar-refractivity contribution >= 4 is 21.7 Å². The Morgan fingerprint density at radius 2 is 1.78 bits per heavy atom. The van der Waals surface area contributed by atoms with Gasteiger partial charge in [0.05, 0.1) is 31.6 Å². The molecule has 172 valence electrons. The predicted octanol–water partition coefficient (Wildman–Crippen LogP) is 0.281. The van der Waals surface area contributed by atoms with E-state index in [4.69, 9.17) is 23.4 Å². The summed E-state index contributed by atoms with van der Waals surface area (Å²) in [5.74, 6) is -0.904. The molecule has 5 atom stereocenters. The lowest BCUT2D eigenvalue weighted by Crippen LogP contribution is -2.60. The van der Waals surface area contributed by atoms with Gasteiger partial charge in [-0.15, -0.1) is 0 Å². The lowest BCUT2D eigenvalue weighted by molar-refractivity contribution is -0.277. The minimum atomic E-state index is -1.73. The summed E-state index contributed by atoms with van der Waals surface area (Å²) < 4.78 is 41.8. The first kappa shape index (κ1) is 22.2. The number of ether oxygens (including phenoxy) is 4. The van der Waals surface area contributed by atoms with Crippen molar-refractivity contribution in [3.05, 3.63) is 40.5 Å². The monoisotopic (exact) mass is 452 g/mol. The Morgan fingerprint density at radius 3 is 2.44 bits per heavy atom. The third kappa shape index (κ3) is 3.53. The van der Waals surface area contributed by atoms with E-state index in [-0.39, 0.29) is 33.2 Å². The Labute approximate surface area is 179 Å². The van der Waals surface area contributed by atoms with Crippen LogP contribution in [-0.2, 0) is 4.74 Å². The van der Waals surface area contributed by atoms with Crippen LogP contribution in [0, 0.1) is 5.82 Å². The van der Waals surface area contributed by atoms with Crippen LogP contribution in [0.1, 0.15) is 0 Å². The van der Waals surface area contributed by atoms with Crippen molar-refractivity contribution in [3.8, 4) is 17.2 Å². The van der Waals surface area contributed by atoms with Gasteiger partial charge >= 0.3 is 5.63 Å². The molecule has 0 bridgehead atoms. The van der Waals surface area contributed by atoms with Crippen molar-refractivity contribution in [2.24, 2.45) is 0 Å². The Morgan fingerprint density at radius 1 is 1.03 bits per heavy atom. The molecule has 2 heterocycles. The van der Waals surface area contributed by atoms with E-state index >= 15 is 4.39 Å². The number of rotatable bonds is 5. The highest BCUT2D eigenvalue weighted by molar-refractivity contribution is 6.07. The fraction of sp³-hybridized carbons (Fsp3) is 0.381. The molecule has 4 rings (SSSR count). The molecule has 10 nitrogen and oxygen atoms in total. The summed E-state index contributed by atoms with van der Waals surface area (Å²) in [6.45, 7) is -0.670. The van der Waals surface area contributed by atoms with E-state index < -0.39 is 48.8 Å². The van der Waals surface area contributed by atoms with Gasteiger partial charge in [0, 0.05) is 11.5 Å². The normalized spacial score (nSPS) is 25.8. The number of halogens is 1. The number of methoxy groups -OCH3 is 2. The molecule has 0 radical (unpaired) electrons. The maximum atomic E-state index is 15.2. The molecule has 0 unspecified atom stereocenters. The molecule has 4 N–H and O–H groups in total. The summed E-state index contributed by atoms with van der Waals surface area (Å²) in [6.07, 6.45) is -7.85. The van der Waals surface area contributed by atoms with Crippen molar-refractivity contribution in [1.82, 2.24) is 0 Å². The van der Waals surface area contributed by atoms with Gasteiger partial charge in [-0.2, -0.15) is 0 Å². The molecule has 1 aliphatic heterocycles. The van der Waals surface area contributed by atoms with Gasteiger partial charge in [0.2, 0.25) is 12.0 Å². The molecular weight excluding hydrogens is 431 g/mol. The highest BCUT2D eigenvalue weighted by Crippen LogP contribution is 2.41. The summed E-state index contributed by atoms with van der Waals surface area (Å²) in [4.78, 5) is 12.5. The van der Waals surface area contributed by atoms with E-state index in [0.29, 0.717) is 5.75 Å². The van der Waals surface area contributed by atoms with Crippen LogP contribution in [0.3, 0.4) is 0 Å². The minimum absolute atomic E-state index is 0.0588. The van der Waals surface area contributed by atoms with Gasteiger partial charge in [-0.25, -0.2) is 9.18 Å². The lowest BCUT2D eigenvalue weighted by Gasteiger charge is -2.39. The number of hydrogen-bond donors (Lipinski definition) is 4. The van der Waals surface area contributed by atoms with Gasteiger partial charge in [-0.1, -0.05) is 0 Å². The zero-order valence-corrected chi connectivity index (χ0v) is 17.0. The van der Waals surface area contributed by atoms with Crippen LogP contribution in [0.2, 0.25) is 0 Å². The summed E-state index contributed by atoms with van der Waals surface area (Å²) in [5, 5.41) is 39.7. The van der Waals surface area contributed by atoms with Crippen LogP contribution >= 0.6 is 0 Å². The molecule has 0 amide bonds. The van der Waals surface area contributed by atoms with Crippen LogP contribution in [0.25, 0.3) is 21.7 Å². The topological polar surface area (TPSA) is 148 Å². The van der Waals surface area contributed by atoms with Crippen molar-refractivity contribution in [2.75, 3.05) is 20.8 Å². The van der Waals surface area contributed by atoms with Crippen molar-refractivity contribution < 1.29 is 48.2 Å². The Hall–Kier alpha value is -2.96. The van der Waals surface area contributed by atoms with Gasteiger partial charge in [0.25, 0.3) is 0 Å². The summed E-state index contributed by atoms with van der Waals surface area (Å²) in [6, 6.07) is 5.41. The molecule has 1 fully saturated rings. The summed E-state index contributed by atoms with van der Waals surface area (Å²) in [7, 11) is 2.67. The van der Waals surface area contributed by atoms with E-state index in [9.17, 15) is 25.2 Å². The first-order valence-electron chi connectivity index (χ1n) is 9.59. The van der Waals surface area contributed by atoms with Crippen LogP contribution in [0.15, 0.2) is 33.5 Å². The quantitative estimate of drug-likeness (QED) is 0.314. The van der Waals surface area contributed by atoms with Crippen molar-refractivity contribution in [3.63, 3.8) is 0 Å². The van der Waals surface area contributed by atoms with Gasteiger partial charge in [-0.05, 0) is 18.2 Å². The fourth-order valence-corrected chi connectivity index (χ4v) is 3.69. The molecule has 0 aliphatic carbocycles. The van der Waals surface area contributed by atoms with Crippen LogP contribution in [0.4, 0.5) is 4.39 Å². The second-order valence-corrected chi connectivity index (χ2v) is 7.21. The average molecular weight is 452 g/mol. The first-order chi connectivity index (χ1) is 15.3. The Bertz CT molecular complexity index is 1210. The molecular formula is C21H21FO10. The van der Waals surface area contributed by atoms with Gasteiger partial charge < -0.3 is 43.8 Å². The van der Waals surface area contributed by atoms with Crippen molar-refractivity contribution in [1.29, 1.82) is 0 Å². The minimum Gasteiger partial charge on any atom is -0.497 e. The Balaban J connectivity index is 1.86. The zero-order valence-electron chi connectivity index (χ0n) is 17.0. The van der Waals surface area contributed by atoms with Crippen LogP contribution in [0.5, 0.6) is 17.2 Å². The van der Waals surface area contributed by atoms with Crippen LogP contribution in [-0.4, -0.2) is 72.0 Å². The SMILES string of the molecule is COc1ccc2c(=O)oc3c(OC)c(O[C@@H]4O[C@H](CO)[C@@H](O)[C@H](O)[C@H]4O)cc(F)c3c2c1. The van der Waals surface area contributed by atoms with E-state index in [1.54, 1.807) is 0 Å². The highest BCUT2D eigenvalue weighted by atomic mass is 19.1. The molecule has 3 aromatic rings.